The summed E-state index contributed by atoms with van der Waals surface area (Å²) in [6.07, 6.45) is 3.97. The first-order valence-electron chi connectivity index (χ1n) is 6.66. The van der Waals surface area contributed by atoms with Crippen LogP contribution in [0.2, 0.25) is 0 Å². The van der Waals surface area contributed by atoms with Crippen molar-refractivity contribution in [1.82, 2.24) is 4.90 Å². The second kappa shape index (κ2) is 5.86. The maximum absolute atomic E-state index is 5.60. The molecule has 2 nitrogen and oxygen atoms in total. The van der Waals surface area contributed by atoms with Crippen molar-refractivity contribution in [3.8, 4) is 0 Å². The molecule has 0 saturated carbocycles. The fourth-order valence-corrected chi connectivity index (χ4v) is 3.26. The molecule has 0 N–H and O–H groups in total. The van der Waals surface area contributed by atoms with Gasteiger partial charge in [-0.1, -0.05) is 34.1 Å². The standard InChI is InChI=1S/C11H21NO.C2H6/c1-3-10-5-7-12(4-2)11(10)6-8-13-9-11;1-2/h10H,3-9H2,1-2H3;1-2H3. The SMILES string of the molecule is CC.CCC1CCN(CC)C12CCOC2. The molecule has 0 amide bonds. The lowest BCUT2D eigenvalue weighted by Gasteiger charge is -2.37. The number of likely N-dealkylation sites (N-methyl/N-ethyl adjacent to an activating group) is 1. The molecule has 2 fully saturated rings. The molecule has 2 saturated heterocycles. The first-order chi connectivity index (χ1) is 7.33. The summed E-state index contributed by atoms with van der Waals surface area (Å²) >= 11 is 0. The number of ether oxygens (including phenoxy) is 1. The van der Waals surface area contributed by atoms with Crippen molar-refractivity contribution in [3.05, 3.63) is 0 Å². The molecule has 0 aromatic heterocycles. The van der Waals surface area contributed by atoms with Crippen LogP contribution < -0.4 is 0 Å². The predicted molar refractivity (Wildman–Crippen MR) is 65.2 cm³/mol. The number of nitrogens with zero attached hydrogens (tertiary/aromatic N) is 1. The molecule has 0 bridgehead atoms. The van der Waals surface area contributed by atoms with E-state index in [4.69, 9.17) is 4.74 Å². The summed E-state index contributed by atoms with van der Waals surface area (Å²) in [5.74, 6) is 0.884. The van der Waals surface area contributed by atoms with E-state index < -0.39 is 0 Å². The lowest BCUT2D eigenvalue weighted by atomic mass is 9.82. The molecular weight excluding hydrogens is 186 g/mol. The van der Waals surface area contributed by atoms with Gasteiger partial charge in [-0.3, -0.25) is 4.90 Å². The Morgan fingerprint density at radius 1 is 1.33 bits per heavy atom. The van der Waals surface area contributed by atoms with Crippen molar-refractivity contribution < 1.29 is 4.74 Å². The summed E-state index contributed by atoms with van der Waals surface area (Å²) in [7, 11) is 0. The molecular formula is C13H27NO. The van der Waals surface area contributed by atoms with Crippen LogP contribution in [-0.2, 0) is 4.74 Å². The molecule has 2 rings (SSSR count). The van der Waals surface area contributed by atoms with E-state index >= 15 is 0 Å². The van der Waals surface area contributed by atoms with Crippen molar-refractivity contribution in [3.63, 3.8) is 0 Å². The zero-order valence-electron chi connectivity index (χ0n) is 10.9. The molecule has 0 radical (unpaired) electrons. The Labute approximate surface area is 95.0 Å². The highest BCUT2D eigenvalue weighted by molar-refractivity contribution is 5.03. The smallest absolute Gasteiger partial charge is 0.0654 e. The highest BCUT2D eigenvalue weighted by atomic mass is 16.5. The van der Waals surface area contributed by atoms with Crippen LogP contribution in [0.4, 0.5) is 0 Å². The molecule has 15 heavy (non-hydrogen) atoms. The normalized spacial score (nSPS) is 35.6. The molecule has 2 atom stereocenters. The van der Waals surface area contributed by atoms with Crippen LogP contribution in [0, 0.1) is 5.92 Å². The zero-order valence-corrected chi connectivity index (χ0v) is 10.9. The Morgan fingerprint density at radius 2 is 2.07 bits per heavy atom. The van der Waals surface area contributed by atoms with Crippen LogP contribution in [0.5, 0.6) is 0 Å². The molecule has 2 heterocycles. The Hall–Kier alpha value is -0.0800. The number of hydrogen-bond acceptors (Lipinski definition) is 2. The van der Waals surface area contributed by atoms with Crippen LogP contribution >= 0.6 is 0 Å². The molecule has 90 valence electrons. The topological polar surface area (TPSA) is 12.5 Å². The molecule has 0 aromatic rings. The maximum atomic E-state index is 5.60. The Kier molecular flexibility index (Phi) is 5.07. The van der Waals surface area contributed by atoms with Crippen LogP contribution in [0.25, 0.3) is 0 Å². The lowest BCUT2D eigenvalue weighted by Crippen LogP contribution is -2.48. The van der Waals surface area contributed by atoms with Crippen molar-refractivity contribution in [2.24, 2.45) is 5.92 Å². The van der Waals surface area contributed by atoms with E-state index in [1.165, 1.54) is 32.4 Å². The van der Waals surface area contributed by atoms with E-state index in [9.17, 15) is 0 Å². The van der Waals surface area contributed by atoms with Crippen molar-refractivity contribution in [2.75, 3.05) is 26.3 Å². The molecule has 0 aliphatic carbocycles. The van der Waals surface area contributed by atoms with E-state index in [0.717, 1.165) is 19.1 Å². The van der Waals surface area contributed by atoms with Gasteiger partial charge >= 0.3 is 0 Å². The van der Waals surface area contributed by atoms with E-state index in [-0.39, 0.29) is 0 Å². The van der Waals surface area contributed by atoms with Crippen LogP contribution in [0.1, 0.15) is 47.0 Å². The molecule has 2 aliphatic rings. The van der Waals surface area contributed by atoms with Gasteiger partial charge in [0.15, 0.2) is 0 Å². The van der Waals surface area contributed by atoms with Gasteiger partial charge < -0.3 is 4.74 Å². The Morgan fingerprint density at radius 3 is 2.53 bits per heavy atom. The Bertz CT molecular complexity index is 161. The van der Waals surface area contributed by atoms with Gasteiger partial charge in [0.05, 0.1) is 6.61 Å². The highest BCUT2D eigenvalue weighted by Gasteiger charge is 2.49. The molecule has 2 heteroatoms. The quantitative estimate of drug-likeness (QED) is 0.699. The highest BCUT2D eigenvalue weighted by Crippen LogP contribution is 2.42. The minimum Gasteiger partial charge on any atom is -0.379 e. The van der Waals surface area contributed by atoms with Crippen LogP contribution in [0.15, 0.2) is 0 Å². The monoisotopic (exact) mass is 213 g/mol. The van der Waals surface area contributed by atoms with E-state index in [1.54, 1.807) is 0 Å². The summed E-state index contributed by atoms with van der Waals surface area (Å²) in [6.45, 7) is 13.0. The second-order valence-corrected chi connectivity index (χ2v) is 4.38. The number of likely N-dealkylation sites (tertiary alicyclic amines) is 1. The van der Waals surface area contributed by atoms with E-state index in [0.29, 0.717) is 5.54 Å². The third kappa shape index (κ3) is 2.21. The Balaban J connectivity index is 0.000000531. The van der Waals surface area contributed by atoms with Gasteiger partial charge in [0, 0.05) is 12.1 Å². The molecule has 0 aromatic carbocycles. The average molecular weight is 213 g/mol. The van der Waals surface area contributed by atoms with Gasteiger partial charge in [0.2, 0.25) is 0 Å². The summed E-state index contributed by atoms with van der Waals surface area (Å²) < 4.78 is 5.60. The van der Waals surface area contributed by atoms with Gasteiger partial charge in [-0.15, -0.1) is 0 Å². The molecule has 2 unspecified atom stereocenters. The predicted octanol–water partition coefficient (Wildman–Crippen LogP) is 2.92. The third-order valence-corrected chi connectivity index (χ3v) is 4.04. The number of hydrogen-bond donors (Lipinski definition) is 0. The second-order valence-electron chi connectivity index (χ2n) is 4.38. The lowest BCUT2D eigenvalue weighted by molar-refractivity contribution is 0.0766. The molecule has 1 spiro atoms. The largest absolute Gasteiger partial charge is 0.379 e. The van der Waals surface area contributed by atoms with E-state index in [2.05, 4.69) is 18.7 Å². The first-order valence-corrected chi connectivity index (χ1v) is 6.66. The first kappa shape index (κ1) is 13.0. The zero-order chi connectivity index (χ0) is 11.3. The summed E-state index contributed by atoms with van der Waals surface area (Å²) in [5.41, 5.74) is 0.434. The minimum atomic E-state index is 0.434. The van der Waals surface area contributed by atoms with Gasteiger partial charge in [-0.05, 0) is 31.8 Å². The van der Waals surface area contributed by atoms with Gasteiger partial charge in [-0.25, -0.2) is 0 Å². The van der Waals surface area contributed by atoms with Gasteiger partial charge in [0.25, 0.3) is 0 Å². The maximum Gasteiger partial charge on any atom is 0.0654 e. The number of rotatable bonds is 2. The van der Waals surface area contributed by atoms with Crippen molar-refractivity contribution in [2.45, 2.75) is 52.5 Å². The van der Waals surface area contributed by atoms with Gasteiger partial charge in [0.1, 0.15) is 0 Å². The summed E-state index contributed by atoms with van der Waals surface area (Å²) in [6, 6.07) is 0. The third-order valence-electron chi connectivity index (χ3n) is 4.04. The summed E-state index contributed by atoms with van der Waals surface area (Å²) in [4.78, 5) is 2.65. The average Bonchev–Trinajstić information content (AvgIpc) is 2.90. The summed E-state index contributed by atoms with van der Waals surface area (Å²) in [5, 5.41) is 0. The van der Waals surface area contributed by atoms with E-state index in [1.807, 2.05) is 13.8 Å². The fourth-order valence-electron chi connectivity index (χ4n) is 3.26. The van der Waals surface area contributed by atoms with Crippen LogP contribution in [0.3, 0.4) is 0 Å². The van der Waals surface area contributed by atoms with Crippen molar-refractivity contribution in [1.29, 1.82) is 0 Å². The van der Waals surface area contributed by atoms with Gasteiger partial charge in [-0.2, -0.15) is 0 Å². The minimum absolute atomic E-state index is 0.434. The molecule has 2 aliphatic heterocycles. The van der Waals surface area contributed by atoms with Crippen molar-refractivity contribution >= 4 is 0 Å². The fraction of sp³-hybridized carbons (Fsp3) is 1.00. The van der Waals surface area contributed by atoms with Crippen LogP contribution in [-0.4, -0.2) is 36.7 Å².